The number of hydrogen-bond donors (Lipinski definition) is 2. The summed E-state index contributed by atoms with van der Waals surface area (Å²) in [7, 11) is 1.10. The van der Waals surface area contributed by atoms with Crippen LogP contribution in [0.2, 0.25) is 0 Å². The van der Waals surface area contributed by atoms with Crippen molar-refractivity contribution in [1.82, 2.24) is 5.32 Å². The van der Waals surface area contributed by atoms with Gasteiger partial charge in [0.2, 0.25) is 5.96 Å². The molecule has 19 heavy (non-hydrogen) atoms. The van der Waals surface area contributed by atoms with E-state index in [4.69, 9.17) is 17.5 Å². The third kappa shape index (κ3) is 3.75. The fraction of sp³-hybridized carbons (Fsp3) is 0.200. The minimum absolute atomic E-state index is 0.253. The Morgan fingerprint density at radius 1 is 1.47 bits per heavy atom. The Kier molecular flexibility index (Phi) is 4.60. The van der Waals surface area contributed by atoms with Gasteiger partial charge in [0.1, 0.15) is 5.75 Å². The number of carbonyl (C=O) groups is 1. The number of nitrogens with zero attached hydrogens (tertiary/aromatic N) is 1. The first-order valence-electron chi connectivity index (χ1n) is 4.80. The molecule has 1 aromatic carbocycles. The zero-order valence-corrected chi connectivity index (χ0v) is 10.3. The molecule has 0 saturated carbocycles. The molecule has 0 fully saturated rings. The monoisotopic (exact) mass is 295 g/mol. The molecule has 0 unspecified atom stereocenters. The molecule has 5 nitrogen and oxygen atoms in total. The molecule has 1 rings (SSSR count). The molecule has 0 aliphatic rings. The molecule has 9 heteroatoms. The Morgan fingerprint density at radius 3 is 2.58 bits per heavy atom. The number of nitrogens with two attached hydrogens (primary N) is 1. The highest BCUT2D eigenvalue weighted by atomic mass is 35.5. The predicted octanol–water partition coefficient (Wildman–Crippen LogP) is 1.91. The maximum atomic E-state index is 12.7. The molecule has 0 aromatic heterocycles. The van der Waals surface area contributed by atoms with E-state index in [1.807, 2.05) is 5.32 Å². The molecule has 104 valence electrons. The van der Waals surface area contributed by atoms with Crippen LogP contribution in [0.15, 0.2) is 22.7 Å². The maximum Gasteiger partial charge on any atom is 0.419 e. The van der Waals surface area contributed by atoms with Crippen molar-refractivity contribution in [2.45, 2.75) is 6.18 Å². The van der Waals surface area contributed by atoms with E-state index in [0.29, 0.717) is 6.07 Å². The molecule has 0 bridgehead atoms. The largest absolute Gasteiger partial charge is 0.496 e. The van der Waals surface area contributed by atoms with Crippen LogP contribution in [0.1, 0.15) is 15.9 Å². The van der Waals surface area contributed by atoms with Crippen molar-refractivity contribution in [3.63, 3.8) is 0 Å². The average molecular weight is 296 g/mol. The van der Waals surface area contributed by atoms with Crippen LogP contribution in [0.4, 0.5) is 13.2 Å². The van der Waals surface area contributed by atoms with Gasteiger partial charge in [-0.2, -0.15) is 13.2 Å². The number of alkyl halides is 3. The number of carbonyl (C=O) groups excluding carboxylic acids is 1. The second-order valence-electron chi connectivity index (χ2n) is 3.34. The molecular formula is C10H9ClF3N3O2. The Bertz CT molecular complexity index is 517. The number of halogens is 4. The van der Waals surface area contributed by atoms with Crippen molar-refractivity contribution in [3.8, 4) is 5.75 Å². The molecule has 0 aliphatic carbocycles. The van der Waals surface area contributed by atoms with E-state index in [0.717, 1.165) is 19.2 Å². The third-order valence-electron chi connectivity index (χ3n) is 2.10. The van der Waals surface area contributed by atoms with Crippen molar-refractivity contribution in [2.24, 2.45) is 10.2 Å². The Morgan fingerprint density at radius 2 is 2.11 bits per heavy atom. The number of nitrogens with one attached hydrogen (secondary N) is 1. The van der Waals surface area contributed by atoms with Crippen molar-refractivity contribution >= 4 is 23.6 Å². The van der Waals surface area contributed by atoms with E-state index in [1.165, 1.54) is 0 Å². The number of methoxy groups -OCH3 is 1. The highest BCUT2D eigenvalue weighted by Crippen LogP contribution is 2.36. The van der Waals surface area contributed by atoms with Gasteiger partial charge in [0, 0.05) is 17.3 Å². The smallest absolute Gasteiger partial charge is 0.419 e. The van der Waals surface area contributed by atoms with Crippen molar-refractivity contribution in [1.29, 1.82) is 0 Å². The third-order valence-corrected chi connectivity index (χ3v) is 2.28. The summed E-state index contributed by atoms with van der Waals surface area (Å²) in [4.78, 5) is 11.6. The van der Waals surface area contributed by atoms with Crippen LogP contribution in [0, 0.1) is 0 Å². The van der Waals surface area contributed by atoms with Gasteiger partial charge in [0.25, 0.3) is 5.91 Å². The molecule has 0 aliphatic heterocycles. The van der Waals surface area contributed by atoms with Gasteiger partial charge in [-0.05, 0) is 18.2 Å². The first-order chi connectivity index (χ1) is 8.79. The van der Waals surface area contributed by atoms with E-state index >= 15 is 0 Å². The lowest BCUT2D eigenvalue weighted by Crippen LogP contribution is -2.36. The Labute approximate surface area is 111 Å². The fourth-order valence-electron chi connectivity index (χ4n) is 1.28. The summed E-state index contributed by atoms with van der Waals surface area (Å²) in [6.07, 6.45) is -4.65. The first-order valence-corrected chi connectivity index (χ1v) is 5.14. The zero-order valence-electron chi connectivity index (χ0n) is 9.58. The molecule has 1 aromatic rings. The highest BCUT2D eigenvalue weighted by Gasteiger charge is 2.35. The van der Waals surface area contributed by atoms with Crippen LogP contribution < -0.4 is 15.8 Å². The first kappa shape index (κ1) is 15.1. The van der Waals surface area contributed by atoms with Crippen molar-refractivity contribution in [2.75, 3.05) is 7.11 Å². The Balaban J connectivity index is 3.15. The van der Waals surface area contributed by atoms with E-state index < -0.39 is 23.6 Å². The summed E-state index contributed by atoms with van der Waals surface area (Å²) in [5.41, 5.74) is 3.81. The summed E-state index contributed by atoms with van der Waals surface area (Å²) in [5, 5.41) is 2.01. The molecular weight excluding hydrogens is 287 g/mol. The minimum atomic E-state index is -4.65. The SMILES string of the molecule is COc1ccc(C(=O)NC(N)=NCl)cc1C(F)(F)F. The molecule has 3 N–H and O–H groups in total. The number of hydrogen-bond acceptors (Lipinski definition) is 3. The van der Waals surface area contributed by atoms with E-state index in [9.17, 15) is 18.0 Å². The van der Waals surface area contributed by atoms with Gasteiger partial charge in [0.05, 0.1) is 12.7 Å². The summed E-state index contributed by atoms with van der Waals surface area (Å²) in [5.74, 6) is -1.67. The average Bonchev–Trinajstić information content (AvgIpc) is 2.36. The van der Waals surface area contributed by atoms with Crippen LogP contribution in [-0.2, 0) is 6.18 Å². The van der Waals surface area contributed by atoms with Gasteiger partial charge in [0.15, 0.2) is 0 Å². The van der Waals surface area contributed by atoms with E-state index in [2.05, 4.69) is 9.25 Å². The molecule has 0 radical (unpaired) electrons. The van der Waals surface area contributed by atoms with Gasteiger partial charge in [-0.15, -0.1) is 4.51 Å². The van der Waals surface area contributed by atoms with Crippen LogP contribution >= 0.6 is 11.8 Å². The number of ether oxygens (including phenoxy) is 1. The van der Waals surface area contributed by atoms with Crippen LogP contribution in [0.5, 0.6) is 5.75 Å². The van der Waals surface area contributed by atoms with Crippen LogP contribution in [0.3, 0.4) is 0 Å². The van der Waals surface area contributed by atoms with E-state index in [-0.39, 0.29) is 11.3 Å². The lowest BCUT2D eigenvalue weighted by molar-refractivity contribution is -0.138. The topological polar surface area (TPSA) is 76.7 Å². The second-order valence-corrected chi connectivity index (χ2v) is 3.51. The van der Waals surface area contributed by atoms with E-state index in [1.54, 1.807) is 0 Å². The fourth-order valence-corrected chi connectivity index (χ4v) is 1.32. The van der Waals surface area contributed by atoms with Gasteiger partial charge in [-0.25, -0.2) is 0 Å². The number of benzene rings is 1. The summed E-state index contributed by atoms with van der Waals surface area (Å²) < 4.78 is 45.7. The van der Waals surface area contributed by atoms with Crippen LogP contribution in [0.25, 0.3) is 0 Å². The normalized spacial score (nSPS) is 12.2. The number of rotatable bonds is 2. The van der Waals surface area contributed by atoms with Gasteiger partial charge in [-0.1, -0.05) is 0 Å². The standard InChI is InChI=1S/C10H9ClF3N3O2/c1-19-7-3-2-5(4-6(7)10(12,13)14)8(18)16-9(15)17-11/h2-4H,1H3,(H3,15,16,17,18). The summed E-state index contributed by atoms with van der Waals surface area (Å²) in [6.45, 7) is 0. The predicted molar refractivity (Wildman–Crippen MR) is 62.9 cm³/mol. The van der Waals surface area contributed by atoms with Crippen molar-refractivity contribution < 1.29 is 22.7 Å². The highest BCUT2D eigenvalue weighted by molar-refractivity contribution is 6.21. The summed E-state index contributed by atoms with van der Waals surface area (Å²) in [6, 6.07) is 2.84. The zero-order chi connectivity index (χ0) is 14.6. The number of guanidine groups is 1. The quantitative estimate of drug-likeness (QED) is 0.646. The van der Waals surface area contributed by atoms with Crippen LogP contribution in [-0.4, -0.2) is 19.0 Å². The lowest BCUT2D eigenvalue weighted by Gasteiger charge is -2.13. The van der Waals surface area contributed by atoms with Crippen molar-refractivity contribution in [3.05, 3.63) is 29.3 Å². The van der Waals surface area contributed by atoms with Gasteiger partial charge in [-0.3, -0.25) is 10.1 Å². The number of amides is 1. The molecule has 0 spiro atoms. The van der Waals surface area contributed by atoms with Gasteiger partial charge >= 0.3 is 6.18 Å². The maximum absolute atomic E-state index is 12.7. The Hall–Kier alpha value is -1.96. The second kappa shape index (κ2) is 5.79. The molecule has 0 atom stereocenters. The summed E-state index contributed by atoms with van der Waals surface area (Å²) >= 11 is 4.98. The minimum Gasteiger partial charge on any atom is -0.496 e. The molecule has 0 saturated heterocycles. The lowest BCUT2D eigenvalue weighted by atomic mass is 10.1. The van der Waals surface area contributed by atoms with Gasteiger partial charge < -0.3 is 10.5 Å². The molecule has 1 amide bonds. The molecule has 0 heterocycles.